The number of hydrogen-bond donors (Lipinski definition) is 0. The summed E-state index contributed by atoms with van der Waals surface area (Å²) in [5.74, 6) is 0. The Morgan fingerprint density at radius 3 is 2.00 bits per heavy atom. The molecule has 0 aliphatic carbocycles. The molecule has 0 aromatic heterocycles. The number of carbonyl (C=O) groups is 1. The molecule has 0 heterocycles. The molecular formula is C10H12LiOP. The van der Waals surface area contributed by atoms with Gasteiger partial charge in [-0.15, -0.1) is 0 Å². The number of carbonyl (C=O) groups excluding carboxylic acids is 1. The predicted molar refractivity (Wildman–Crippen MR) is 54.0 cm³/mol. The normalized spacial score (nSPS) is 10.1. The van der Waals surface area contributed by atoms with Crippen molar-refractivity contribution >= 4 is 19.9 Å². The maximum absolute atomic E-state index is 10.4. The van der Waals surface area contributed by atoms with E-state index in [0.717, 1.165) is 19.9 Å². The third-order valence-electron chi connectivity index (χ3n) is 1.82. The van der Waals surface area contributed by atoms with E-state index >= 15 is 0 Å². The first-order valence-corrected chi connectivity index (χ1v) is 4.84. The second kappa shape index (κ2) is 5.61. The summed E-state index contributed by atoms with van der Waals surface area (Å²) in [4.78, 5) is 10.4. The van der Waals surface area contributed by atoms with Crippen molar-refractivity contribution in [2.45, 2.75) is 20.8 Å². The molecule has 0 fully saturated rings. The fraction of sp³-hybridized carbons (Fsp3) is 0.300. The Hall–Kier alpha value is -0.0826. The second-order valence-corrected chi connectivity index (χ2v) is 3.90. The van der Waals surface area contributed by atoms with E-state index < -0.39 is 0 Å². The number of aryl methyl sites for hydroxylation is 3. The summed E-state index contributed by atoms with van der Waals surface area (Å²) in [6.45, 7) is 6.17. The molecule has 0 saturated carbocycles. The largest absolute Gasteiger partial charge is 1.00 e. The van der Waals surface area contributed by atoms with Crippen LogP contribution < -0.4 is 24.2 Å². The molecule has 1 rings (SSSR count). The number of hydrogen-bond acceptors (Lipinski definition) is 1. The zero-order valence-corrected chi connectivity index (χ0v) is 9.48. The number of benzene rings is 1. The van der Waals surface area contributed by atoms with Crippen molar-refractivity contribution in [2.24, 2.45) is 0 Å². The monoisotopic (exact) mass is 186 g/mol. The van der Waals surface area contributed by atoms with Crippen LogP contribution in [0.1, 0.15) is 16.7 Å². The first-order chi connectivity index (χ1) is 5.65. The van der Waals surface area contributed by atoms with Crippen LogP contribution in [0.4, 0.5) is 0 Å². The molecule has 0 atom stereocenters. The van der Waals surface area contributed by atoms with Gasteiger partial charge >= 0.3 is 18.9 Å². The summed E-state index contributed by atoms with van der Waals surface area (Å²) >= 11 is 0. The summed E-state index contributed by atoms with van der Waals surface area (Å²) in [6.07, 6.45) is 0. The van der Waals surface area contributed by atoms with Gasteiger partial charge in [0.15, 0.2) is 0 Å². The van der Waals surface area contributed by atoms with Crippen LogP contribution in [-0.2, 0) is 4.79 Å². The van der Waals surface area contributed by atoms with Crippen LogP contribution >= 0.6 is 8.58 Å². The SMILES string of the molecule is Cc1cc(C)c([P-]C=O)c(C)c1.[Li+]. The van der Waals surface area contributed by atoms with Crippen LogP contribution in [0.2, 0.25) is 0 Å². The average molecular weight is 186 g/mol. The maximum atomic E-state index is 10.4. The molecule has 64 valence electrons. The predicted octanol–water partition coefficient (Wildman–Crippen LogP) is -0.622. The zero-order valence-electron chi connectivity index (χ0n) is 8.59. The maximum Gasteiger partial charge on any atom is 1.00 e. The van der Waals surface area contributed by atoms with E-state index in [2.05, 4.69) is 19.1 Å². The molecule has 1 aromatic rings. The number of rotatable bonds is 2. The van der Waals surface area contributed by atoms with Crippen molar-refractivity contribution in [2.75, 3.05) is 0 Å². The quantitative estimate of drug-likeness (QED) is 0.341. The van der Waals surface area contributed by atoms with Gasteiger partial charge in [-0.3, -0.25) is 0 Å². The van der Waals surface area contributed by atoms with Crippen LogP contribution in [0.25, 0.3) is 0 Å². The Balaban J connectivity index is 0.00000144. The minimum atomic E-state index is 0. The van der Waals surface area contributed by atoms with E-state index in [4.69, 9.17) is 0 Å². The van der Waals surface area contributed by atoms with E-state index in [1.807, 2.05) is 13.8 Å². The molecule has 0 aliphatic rings. The topological polar surface area (TPSA) is 17.1 Å². The molecule has 3 heteroatoms. The molecule has 13 heavy (non-hydrogen) atoms. The smallest absolute Gasteiger partial charge is 0.435 e. The van der Waals surface area contributed by atoms with Gasteiger partial charge < -0.3 is 13.4 Å². The van der Waals surface area contributed by atoms with Gasteiger partial charge in [-0.2, -0.15) is 5.30 Å². The van der Waals surface area contributed by atoms with Crippen LogP contribution in [-0.4, -0.2) is 6.03 Å². The van der Waals surface area contributed by atoms with Gasteiger partial charge in [-0.05, 0) is 26.8 Å². The second-order valence-electron chi connectivity index (χ2n) is 2.98. The van der Waals surface area contributed by atoms with Gasteiger partial charge in [0, 0.05) is 0 Å². The van der Waals surface area contributed by atoms with Gasteiger partial charge in [0.05, 0.1) is 0 Å². The van der Waals surface area contributed by atoms with Crippen molar-refractivity contribution in [3.8, 4) is 0 Å². The average Bonchev–Trinajstić information content (AvgIpc) is 1.96. The molecule has 1 aromatic carbocycles. The summed E-state index contributed by atoms with van der Waals surface area (Å²) < 4.78 is 0. The van der Waals surface area contributed by atoms with E-state index in [1.54, 1.807) is 0 Å². The molecule has 0 radical (unpaired) electrons. The Morgan fingerprint density at radius 1 is 1.15 bits per heavy atom. The van der Waals surface area contributed by atoms with Gasteiger partial charge in [0.25, 0.3) is 0 Å². The molecule has 0 saturated heterocycles. The van der Waals surface area contributed by atoms with Crippen molar-refractivity contribution in [1.29, 1.82) is 0 Å². The molecular weight excluding hydrogens is 174 g/mol. The van der Waals surface area contributed by atoms with Crippen molar-refractivity contribution < 1.29 is 23.7 Å². The molecule has 0 N–H and O–H groups in total. The van der Waals surface area contributed by atoms with Crippen LogP contribution in [0, 0.1) is 20.8 Å². The summed E-state index contributed by atoms with van der Waals surface area (Å²) in [5.41, 5.74) is 3.68. The minimum absolute atomic E-state index is 0. The molecule has 0 spiro atoms. The van der Waals surface area contributed by atoms with Crippen molar-refractivity contribution in [1.82, 2.24) is 0 Å². The van der Waals surface area contributed by atoms with Crippen molar-refractivity contribution in [3.63, 3.8) is 0 Å². The molecule has 0 unspecified atom stereocenters. The zero-order chi connectivity index (χ0) is 9.14. The fourth-order valence-electron chi connectivity index (χ4n) is 1.43. The molecule has 0 amide bonds. The Morgan fingerprint density at radius 2 is 1.62 bits per heavy atom. The molecule has 0 aliphatic heterocycles. The molecule has 1 nitrogen and oxygen atoms in total. The third kappa shape index (κ3) is 3.28. The molecule has 0 bridgehead atoms. The summed E-state index contributed by atoms with van der Waals surface area (Å²) in [5, 5.41) is 1.15. The Labute approximate surface area is 93.3 Å². The fourth-order valence-corrected chi connectivity index (χ4v) is 2.07. The van der Waals surface area contributed by atoms with Gasteiger partial charge in [0.2, 0.25) is 0 Å². The van der Waals surface area contributed by atoms with E-state index in [9.17, 15) is 4.79 Å². The van der Waals surface area contributed by atoms with Gasteiger partial charge in [-0.1, -0.05) is 28.8 Å². The minimum Gasteiger partial charge on any atom is -0.435 e. The summed E-state index contributed by atoms with van der Waals surface area (Å²) in [7, 11) is 0.779. The van der Waals surface area contributed by atoms with Crippen LogP contribution in [0.5, 0.6) is 0 Å². The Bertz CT molecular complexity index is 287. The van der Waals surface area contributed by atoms with E-state index in [-0.39, 0.29) is 18.9 Å². The van der Waals surface area contributed by atoms with E-state index in [1.165, 1.54) is 16.7 Å². The van der Waals surface area contributed by atoms with Crippen LogP contribution in [0.15, 0.2) is 12.1 Å². The van der Waals surface area contributed by atoms with Crippen LogP contribution in [0.3, 0.4) is 0 Å². The first kappa shape index (κ1) is 12.9. The van der Waals surface area contributed by atoms with Gasteiger partial charge in [-0.25, -0.2) is 0 Å². The Kier molecular flexibility index (Phi) is 5.57. The standard InChI is InChI=1S/C10H12OP.Li/c1-7-4-8(2)10(12-6-11)9(3)5-7;/h4-6H,1-3H3;/q-1;+1. The van der Waals surface area contributed by atoms with Gasteiger partial charge in [0.1, 0.15) is 0 Å². The first-order valence-electron chi connectivity index (χ1n) is 3.87. The summed E-state index contributed by atoms with van der Waals surface area (Å²) in [6, 6.07) is 5.16. The van der Waals surface area contributed by atoms with E-state index in [0.29, 0.717) is 0 Å². The third-order valence-corrected chi connectivity index (χ3v) is 2.89. The van der Waals surface area contributed by atoms with Crippen molar-refractivity contribution in [3.05, 3.63) is 28.8 Å².